The summed E-state index contributed by atoms with van der Waals surface area (Å²) in [6.07, 6.45) is 5.95. The van der Waals surface area contributed by atoms with Crippen molar-refractivity contribution < 1.29 is 4.79 Å². The molecule has 224 valence electrons. The van der Waals surface area contributed by atoms with Crippen LogP contribution in [-0.2, 0) is 11.3 Å². The highest BCUT2D eigenvalue weighted by atomic mass is 16.2. The lowest BCUT2D eigenvalue weighted by atomic mass is 10.0. The SMILES string of the molecule is Cc1c(-c2ncnc3[nH]c(-c4ccc(CN5CCN(C)C(=O)C5)cc4)cc23)cccc1-n1ccc2cc(C3CC3)ccc2c1=O. The van der Waals surface area contributed by atoms with Gasteiger partial charge in [-0.05, 0) is 77.6 Å². The second-order valence-electron chi connectivity index (χ2n) is 12.5. The number of aromatic nitrogens is 4. The van der Waals surface area contributed by atoms with Crippen molar-refractivity contribution in [3.8, 4) is 28.2 Å². The van der Waals surface area contributed by atoms with E-state index in [-0.39, 0.29) is 11.5 Å². The molecule has 8 nitrogen and oxygen atoms in total. The molecule has 45 heavy (non-hydrogen) atoms. The number of hydrogen-bond donors (Lipinski definition) is 1. The van der Waals surface area contributed by atoms with Crippen LogP contribution in [0.5, 0.6) is 0 Å². The smallest absolute Gasteiger partial charge is 0.262 e. The van der Waals surface area contributed by atoms with Gasteiger partial charge in [-0.25, -0.2) is 9.97 Å². The van der Waals surface area contributed by atoms with Crippen molar-refractivity contribution in [1.82, 2.24) is 29.3 Å². The summed E-state index contributed by atoms with van der Waals surface area (Å²) in [7, 11) is 1.86. The minimum absolute atomic E-state index is 0.0190. The number of H-pyrrole nitrogens is 1. The first-order valence-electron chi connectivity index (χ1n) is 15.6. The van der Waals surface area contributed by atoms with Crippen molar-refractivity contribution in [2.45, 2.75) is 32.2 Å². The highest BCUT2D eigenvalue weighted by Gasteiger charge is 2.24. The Hall–Kier alpha value is -5.08. The van der Waals surface area contributed by atoms with E-state index in [1.54, 1.807) is 15.8 Å². The van der Waals surface area contributed by atoms with E-state index < -0.39 is 0 Å². The highest BCUT2D eigenvalue weighted by Crippen LogP contribution is 2.40. The van der Waals surface area contributed by atoms with Crippen LogP contribution in [0.1, 0.15) is 35.4 Å². The fourth-order valence-corrected chi connectivity index (χ4v) is 6.57. The molecule has 0 bridgehead atoms. The first-order valence-corrected chi connectivity index (χ1v) is 15.6. The molecule has 8 rings (SSSR count). The molecule has 1 aliphatic carbocycles. The van der Waals surface area contributed by atoms with Crippen LogP contribution in [0.25, 0.3) is 50.0 Å². The van der Waals surface area contributed by atoms with Crippen molar-refractivity contribution >= 4 is 27.7 Å². The monoisotopic (exact) mass is 594 g/mol. The van der Waals surface area contributed by atoms with Gasteiger partial charge in [0.15, 0.2) is 0 Å². The lowest BCUT2D eigenvalue weighted by molar-refractivity contribution is -0.134. The zero-order chi connectivity index (χ0) is 30.7. The Morgan fingerprint density at radius 2 is 1.76 bits per heavy atom. The summed E-state index contributed by atoms with van der Waals surface area (Å²) in [6, 6.07) is 24.9. The van der Waals surface area contributed by atoms with Gasteiger partial charge in [0.2, 0.25) is 5.91 Å². The average molecular weight is 595 g/mol. The zero-order valence-corrected chi connectivity index (χ0v) is 25.5. The maximum absolute atomic E-state index is 13.7. The van der Waals surface area contributed by atoms with Gasteiger partial charge in [0.05, 0.1) is 17.9 Å². The van der Waals surface area contributed by atoms with Gasteiger partial charge in [0.25, 0.3) is 5.56 Å². The van der Waals surface area contributed by atoms with E-state index in [4.69, 9.17) is 4.98 Å². The molecular weight excluding hydrogens is 560 g/mol. The molecular formula is C37H34N6O2. The lowest BCUT2D eigenvalue weighted by Gasteiger charge is -2.31. The molecule has 1 saturated carbocycles. The number of likely N-dealkylation sites (N-methyl/N-ethyl adjacent to an activating group) is 1. The Bertz CT molecular complexity index is 2160. The van der Waals surface area contributed by atoms with E-state index in [1.165, 1.54) is 24.0 Å². The number of rotatable bonds is 6. The number of carbonyl (C=O) groups excluding carboxylic acids is 1. The van der Waals surface area contributed by atoms with Gasteiger partial charge in [0.1, 0.15) is 12.0 Å². The number of aromatic amines is 1. The van der Waals surface area contributed by atoms with Gasteiger partial charge >= 0.3 is 0 Å². The predicted molar refractivity (Wildman–Crippen MR) is 177 cm³/mol. The van der Waals surface area contributed by atoms with Gasteiger partial charge < -0.3 is 9.88 Å². The van der Waals surface area contributed by atoms with Gasteiger partial charge in [0, 0.05) is 54.9 Å². The number of nitrogens with zero attached hydrogens (tertiary/aromatic N) is 5. The van der Waals surface area contributed by atoms with E-state index in [2.05, 4.69) is 63.4 Å². The number of nitrogens with one attached hydrogen (secondary N) is 1. The van der Waals surface area contributed by atoms with Crippen LogP contribution in [0.15, 0.2) is 90.1 Å². The van der Waals surface area contributed by atoms with Gasteiger partial charge in [-0.15, -0.1) is 0 Å². The Morgan fingerprint density at radius 3 is 2.56 bits per heavy atom. The number of amides is 1. The van der Waals surface area contributed by atoms with Crippen molar-refractivity contribution in [2.24, 2.45) is 0 Å². The third-order valence-corrected chi connectivity index (χ3v) is 9.43. The van der Waals surface area contributed by atoms with E-state index in [0.717, 1.165) is 75.2 Å². The second-order valence-corrected chi connectivity index (χ2v) is 12.5. The van der Waals surface area contributed by atoms with Crippen LogP contribution in [0, 0.1) is 6.92 Å². The molecule has 1 saturated heterocycles. The molecule has 6 aromatic rings. The van der Waals surface area contributed by atoms with E-state index >= 15 is 0 Å². The third-order valence-electron chi connectivity index (χ3n) is 9.43. The number of benzene rings is 3. The molecule has 0 atom stereocenters. The molecule has 3 aromatic heterocycles. The Kier molecular flexibility index (Phi) is 6.60. The number of fused-ring (bicyclic) bond motifs is 2. The third kappa shape index (κ3) is 5.01. The second kappa shape index (κ2) is 10.8. The van der Waals surface area contributed by atoms with Gasteiger partial charge in [-0.3, -0.25) is 19.1 Å². The average Bonchev–Trinajstić information content (AvgIpc) is 3.81. The fraction of sp³-hybridized carbons (Fsp3) is 0.243. The summed E-state index contributed by atoms with van der Waals surface area (Å²) in [5, 5.41) is 2.65. The van der Waals surface area contributed by atoms with Crippen molar-refractivity contribution in [3.63, 3.8) is 0 Å². The van der Waals surface area contributed by atoms with Crippen molar-refractivity contribution in [2.75, 3.05) is 26.7 Å². The summed E-state index contributed by atoms with van der Waals surface area (Å²) in [4.78, 5) is 42.5. The zero-order valence-electron chi connectivity index (χ0n) is 25.5. The predicted octanol–water partition coefficient (Wildman–Crippen LogP) is 6.06. The Morgan fingerprint density at radius 1 is 0.911 bits per heavy atom. The fourth-order valence-electron chi connectivity index (χ4n) is 6.57. The lowest BCUT2D eigenvalue weighted by Crippen LogP contribution is -2.47. The minimum Gasteiger partial charge on any atom is -0.343 e. The van der Waals surface area contributed by atoms with Gasteiger partial charge in [-0.1, -0.05) is 48.5 Å². The number of piperazine rings is 1. The van der Waals surface area contributed by atoms with Crippen LogP contribution in [-0.4, -0.2) is 61.9 Å². The maximum atomic E-state index is 13.7. The molecule has 8 heteroatoms. The normalized spacial score (nSPS) is 15.8. The number of hydrogen-bond acceptors (Lipinski definition) is 5. The summed E-state index contributed by atoms with van der Waals surface area (Å²) in [5.74, 6) is 0.814. The topological polar surface area (TPSA) is 87.1 Å². The van der Waals surface area contributed by atoms with E-state index in [9.17, 15) is 9.59 Å². The molecule has 1 amide bonds. The number of pyridine rings is 1. The van der Waals surface area contributed by atoms with Crippen LogP contribution >= 0.6 is 0 Å². The van der Waals surface area contributed by atoms with Gasteiger partial charge in [-0.2, -0.15) is 0 Å². The van der Waals surface area contributed by atoms with Crippen LogP contribution in [0.2, 0.25) is 0 Å². The summed E-state index contributed by atoms with van der Waals surface area (Å²) in [5.41, 5.74) is 8.84. The molecule has 4 heterocycles. The highest BCUT2D eigenvalue weighted by molar-refractivity contribution is 5.95. The molecule has 1 aliphatic heterocycles. The maximum Gasteiger partial charge on any atom is 0.262 e. The molecule has 0 unspecified atom stereocenters. The standard InChI is InChI=1S/C37H34N6O2/c1-23-29(4-3-5-33(23)43-15-14-28-18-27(25-10-11-25)12-13-30(28)37(43)45)35-31-19-32(40-36(31)39-22-38-35)26-8-6-24(7-9-26)20-42-17-16-41(2)34(44)21-42/h3-9,12-15,18-19,22,25H,10-11,16-17,20-21H2,1-2H3,(H,38,39,40). The van der Waals surface area contributed by atoms with Crippen LogP contribution < -0.4 is 5.56 Å². The Labute approximate surface area is 261 Å². The summed E-state index contributed by atoms with van der Waals surface area (Å²) in [6.45, 7) is 4.90. The summed E-state index contributed by atoms with van der Waals surface area (Å²) < 4.78 is 1.75. The van der Waals surface area contributed by atoms with Crippen LogP contribution in [0.3, 0.4) is 0 Å². The Balaban J connectivity index is 1.11. The molecule has 1 N–H and O–H groups in total. The molecule has 2 fully saturated rings. The largest absolute Gasteiger partial charge is 0.343 e. The molecule has 3 aromatic carbocycles. The molecule has 0 radical (unpaired) electrons. The first kappa shape index (κ1) is 27.5. The van der Waals surface area contributed by atoms with E-state index in [1.807, 2.05) is 44.4 Å². The minimum atomic E-state index is -0.0190. The summed E-state index contributed by atoms with van der Waals surface area (Å²) >= 11 is 0. The van der Waals surface area contributed by atoms with E-state index in [0.29, 0.717) is 12.5 Å². The van der Waals surface area contributed by atoms with Crippen molar-refractivity contribution in [3.05, 3.63) is 112 Å². The van der Waals surface area contributed by atoms with Crippen LogP contribution in [0.4, 0.5) is 0 Å². The first-order chi connectivity index (χ1) is 21.9. The van der Waals surface area contributed by atoms with Crippen molar-refractivity contribution in [1.29, 1.82) is 0 Å². The quantitative estimate of drug-likeness (QED) is 0.254. The molecule has 2 aliphatic rings. The molecule has 0 spiro atoms. The number of carbonyl (C=O) groups is 1.